The largest absolute Gasteiger partial charge is 0.506 e. The number of nitrogens with two attached hydrogens (primary N) is 1. The lowest BCUT2D eigenvalue weighted by Gasteiger charge is -2.11. The van der Waals surface area contributed by atoms with Crippen LogP contribution in [-0.4, -0.2) is 10.1 Å². The van der Waals surface area contributed by atoms with Crippen molar-refractivity contribution in [3.05, 3.63) is 60.3 Å². The molecule has 0 fully saturated rings. The fourth-order valence-electron chi connectivity index (χ4n) is 2.09. The lowest BCUT2D eigenvalue weighted by molar-refractivity contribution is 0.308. The maximum absolute atomic E-state index is 9.55. The summed E-state index contributed by atoms with van der Waals surface area (Å²) >= 11 is 0. The van der Waals surface area contributed by atoms with E-state index in [1.54, 1.807) is 18.3 Å². The summed E-state index contributed by atoms with van der Waals surface area (Å²) in [5, 5.41) is 10.6. The third-order valence-electron chi connectivity index (χ3n) is 3.17. The number of aromatic hydroxyl groups is 1. The fourth-order valence-corrected chi connectivity index (χ4v) is 2.09. The molecule has 1 heterocycles. The van der Waals surface area contributed by atoms with Gasteiger partial charge in [-0.3, -0.25) is 4.98 Å². The first-order valence-corrected chi connectivity index (χ1v) is 6.28. The van der Waals surface area contributed by atoms with E-state index in [0.717, 1.165) is 16.5 Å². The van der Waals surface area contributed by atoms with Gasteiger partial charge in [-0.15, -0.1) is 0 Å². The molecule has 100 valence electrons. The molecule has 4 nitrogen and oxygen atoms in total. The van der Waals surface area contributed by atoms with Crippen molar-refractivity contribution >= 4 is 16.6 Å². The Balaban J connectivity index is 1.89. The van der Waals surface area contributed by atoms with Gasteiger partial charge in [-0.05, 0) is 24.3 Å². The second-order valence-electron chi connectivity index (χ2n) is 4.46. The molecule has 0 aliphatic heterocycles. The number of nitrogens with zero attached hydrogens (tertiary/aromatic N) is 1. The molecule has 4 heteroatoms. The maximum Gasteiger partial charge on any atom is 0.146 e. The maximum atomic E-state index is 9.55. The third-order valence-corrected chi connectivity index (χ3v) is 3.17. The van der Waals surface area contributed by atoms with Crippen LogP contribution in [0.1, 0.15) is 5.56 Å². The van der Waals surface area contributed by atoms with Gasteiger partial charge in [0.25, 0.3) is 0 Å². The van der Waals surface area contributed by atoms with Crippen molar-refractivity contribution in [1.29, 1.82) is 0 Å². The molecule has 0 radical (unpaired) electrons. The van der Waals surface area contributed by atoms with Gasteiger partial charge in [0.15, 0.2) is 0 Å². The summed E-state index contributed by atoms with van der Waals surface area (Å²) in [7, 11) is 0. The molecule has 3 N–H and O–H groups in total. The summed E-state index contributed by atoms with van der Waals surface area (Å²) in [4.78, 5) is 4.31. The van der Waals surface area contributed by atoms with Gasteiger partial charge in [-0.2, -0.15) is 0 Å². The number of pyridine rings is 1. The number of benzene rings is 2. The molecule has 0 amide bonds. The van der Waals surface area contributed by atoms with E-state index in [1.807, 2.05) is 30.3 Å². The number of fused-ring (bicyclic) bond motifs is 1. The Kier molecular flexibility index (Phi) is 3.13. The number of para-hydroxylation sites is 2. The number of hydrogen-bond acceptors (Lipinski definition) is 4. The molecular formula is C16H14N2O2. The second kappa shape index (κ2) is 5.09. The summed E-state index contributed by atoms with van der Waals surface area (Å²) < 4.78 is 5.70. The van der Waals surface area contributed by atoms with Gasteiger partial charge in [-0.1, -0.05) is 24.3 Å². The molecule has 0 aliphatic rings. The number of nitrogen functional groups attached to an aromatic ring is 1. The Labute approximate surface area is 116 Å². The number of anilines is 1. The van der Waals surface area contributed by atoms with Crippen molar-refractivity contribution in [1.82, 2.24) is 4.98 Å². The third kappa shape index (κ3) is 2.23. The number of phenolic OH excluding ortho intramolecular Hbond substituents is 1. The van der Waals surface area contributed by atoms with Crippen LogP contribution in [0.4, 0.5) is 5.69 Å². The van der Waals surface area contributed by atoms with Gasteiger partial charge in [0.05, 0.1) is 5.52 Å². The fraction of sp³-hybridized carbons (Fsp3) is 0.0625. The first-order valence-electron chi connectivity index (χ1n) is 6.28. The molecular weight excluding hydrogens is 252 g/mol. The number of hydrogen-bond donors (Lipinski definition) is 2. The van der Waals surface area contributed by atoms with Crippen molar-refractivity contribution in [2.75, 3.05) is 5.73 Å². The van der Waals surface area contributed by atoms with Crippen molar-refractivity contribution < 1.29 is 9.84 Å². The zero-order valence-electron chi connectivity index (χ0n) is 10.8. The highest BCUT2D eigenvalue weighted by Crippen LogP contribution is 2.31. The quantitative estimate of drug-likeness (QED) is 0.564. The van der Waals surface area contributed by atoms with Gasteiger partial charge >= 0.3 is 0 Å². The molecule has 0 saturated heterocycles. The SMILES string of the molecule is Nc1c(O)cccc1OCc1ccnc2ccccc12. The molecule has 1 aromatic heterocycles. The van der Waals surface area contributed by atoms with E-state index in [4.69, 9.17) is 10.5 Å². The normalized spacial score (nSPS) is 10.6. The molecule has 2 aromatic carbocycles. The van der Waals surface area contributed by atoms with Crippen molar-refractivity contribution in [3.8, 4) is 11.5 Å². The van der Waals surface area contributed by atoms with Crippen LogP contribution >= 0.6 is 0 Å². The highest BCUT2D eigenvalue weighted by atomic mass is 16.5. The Morgan fingerprint density at radius 2 is 1.90 bits per heavy atom. The lowest BCUT2D eigenvalue weighted by atomic mass is 10.1. The van der Waals surface area contributed by atoms with E-state index in [9.17, 15) is 5.11 Å². The van der Waals surface area contributed by atoms with Gasteiger partial charge in [0.2, 0.25) is 0 Å². The number of ether oxygens (including phenoxy) is 1. The summed E-state index contributed by atoms with van der Waals surface area (Å²) in [6.45, 7) is 0.372. The van der Waals surface area contributed by atoms with E-state index >= 15 is 0 Å². The Morgan fingerprint density at radius 3 is 2.80 bits per heavy atom. The highest BCUT2D eigenvalue weighted by Gasteiger charge is 2.06. The van der Waals surface area contributed by atoms with Crippen LogP contribution in [0.2, 0.25) is 0 Å². The summed E-state index contributed by atoms with van der Waals surface area (Å²) in [6.07, 6.45) is 1.76. The van der Waals surface area contributed by atoms with Gasteiger partial charge < -0.3 is 15.6 Å². The summed E-state index contributed by atoms with van der Waals surface area (Å²) in [6, 6.07) is 14.8. The van der Waals surface area contributed by atoms with Gasteiger partial charge in [0, 0.05) is 17.1 Å². The topological polar surface area (TPSA) is 68.4 Å². The molecule has 20 heavy (non-hydrogen) atoms. The van der Waals surface area contributed by atoms with Gasteiger partial charge in [-0.25, -0.2) is 0 Å². The van der Waals surface area contributed by atoms with Crippen LogP contribution in [-0.2, 0) is 6.61 Å². The van der Waals surface area contributed by atoms with Crippen LogP contribution in [0.3, 0.4) is 0 Å². The Hall–Kier alpha value is -2.75. The average Bonchev–Trinajstić information content (AvgIpc) is 2.49. The molecule has 0 saturated carbocycles. The summed E-state index contributed by atoms with van der Waals surface area (Å²) in [5.41, 5.74) is 7.98. The Bertz CT molecular complexity index is 751. The number of phenols is 1. The lowest BCUT2D eigenvalue weighted by Crippen LogP contribution is -2.00. The first-order chi connectivity index (χ1) is 9.75. The van der Waals surface area contributed by atoms with Crippen molar-refractivity contribution in [2.45, 2.75) is 6.61 Å². The predicted octanol–water partition coefficient (Wildman–Crippen LogP) is 3.10. The minimum atomic E-state index is 0.0297. The summed E-state index contributed by atoms with van der Waals surface area (Å²) in [5.74, 6) is 0.507. The molecule has 0 spiro atoms. The second-order valence-corrected chi connectivity index (χ2v) is 4.46. The molecule has 3 rings (SSSR count). The smallest absolute Gasteiger partial charge is 0.146 e. The minimum Gasteiger partial charge on any atom is -0.506 e. The monoisotopic (exact) mass is 266 g/mol. The van der Waals surface area contributed by atoms with E-state index in [2.05, 4.69) is 4.98 Å². The minimum absolute atomic E-state index is 0.0297. The van der Waals surface area contributed by atoms with Crippen molar-refractivity contribution in [3.63, 3.8) is 0 Å². The molecule has 0 unspecified atom stereocenters. The molecule has 0 aliphatic carbocycles. The van der Waals surface area contributed by atoms with E-state index in [0.29, 0.717) is 12.4 Å². The van der Waals surface area contributed by atoms with Crippen LogP contribution in [0.15, 0.2) is 54.7 Å². The predicted molar refractivity (Wildman–Crippen MR) is 78.6 cm³/mol. The van der Waals surface area contributed by atoms with Crippen LogP contribution < -0.4 is 10.5 Å². The standard InChI is InChI=1S/C16H14N2O2/c17-16-14(19)6-3-7-15(16)20-10-11-8-9-18-13-5-2-1-4-12(11)13/h1-9,19H,10,17H2. The zero-order chi connectivity index (χ0) is 13.9. The van der Waals surface area contributed by atoms with Crippen LogP contribution in [0.25, 0.3) is 10.9 Å². The van der Waals surface area contributed by atoms with Crippen LogP contribution in [0.5, 0.6) is 11.5 Å². The molecule has 3 aromatic rings. The van der Waals surface area contributed by atoms with E-state index in [1.165, 1.54) is 6.07 Å². The van der Waals surface area contributed by atoms with Crippen LogP contribution in [0, 0.1) is 0 Å². The average molecular weight is 266 g/mol. The van der Waals surface area contributed by atoms with E-state index < -0.39 is 0 Å². The Morgan fingerprint density at radius 1 is 1.05 bits per heavy atom. The highest BCUT2D eigenvalue weighted by molar-refractivity contribution is 5.81. The van der Waals surface area contributed by atoms with Gasteiger partial charge in [0.1, 0.15) is 23.8 Å². The zero-order valence-corrected chi connectivity index (χ0v) is 10.8. The van der Waals surface area contributed by atoms with Crippen molar-refractivity contribution in [2.24, 2.45) is 0 Å². The van der Waals surface area contributed by atoms with E-state index in [-0.39, 0.29) is 11.4 Å². The molecule has 0 atom stereocenters. The first kappa shape index (κ1) is 12.3. The molecule has 0 bridgehead atoms. The number of aromatic nitrogens is 1. The number of rotatable bonds is 3.